The van der Waals surface area contributed by atoms with Crippen LogP contribution in [0.3, 0.4) is 0 Å². The van der Waals surface area contributed by atoms with Crippen molar-refractivity contribution in [1.82, 2.24) is 4.90 Å². The first kappa shape index (κ1) is 20.0. The molecule has 2 amide bonds. The number of aryl methyl sites for hydroxylation is 1. The Kier molecular flexibility index (Phi) is 6.08. The summed E-state index contributed by atoms with van der Waals surface area (Å²) in [6.07, 6.45) is 0.534. The van der Waals surface area contributed by atoms with E-state index in [-0.39, 0.29) is 11.3 Å². The lowest BCUT2D eigenvalue weighted by Gasteiger charge is -2.26. The van der Waals surface area contributed by atoms with E-state index < -0.39 is 24.0 Å². The molecule has 0 bridgehead atoms. The van der Waals surface area contributed by atoms with Gasteiger partial charge in [-0.3, -0.25) is 9.59 Å². The average molecular weight is 402 g/mol. The number of esters is 1. The lowest BCUT2D eigenvalue weighted by molar-refractivity contribution is -0.160. The van der Waals surface area contributed by atoms with E-state index in [1.165, 1.54) is 36.8 Å². The van der Waals surface area contributed by atoms with E-state index in [0.717, 1.165) is 5.56 Å². The van der Waals surface area contributed by atoms with Crippen LogP contribution >= 0.6 is 11.8 Å². The maximum Gasteiger partial charge on any atom is 0.330 e. The van der Waals surface area contributed by atoms with Gasteiger partial charge in [0, 0.05) is 18.4 Å². The monoisotopic (exact) mass is 402 g/mol. The minimum atomic E-state index is -0.991. The van der Waals surface area contributed by atoms with E-state index in [1.54, 1.807) is 18.2 Å². The smallest absolute Gasteiger partial charge is 0.330 e. The summed E-state index contributed by atoms with van der Waals surface area (Å²) in [5, 5.41) is 2.34. The van der Waals surface area contributed by atoms with Crippen LogP contribution in [0.25, 0.3) is 0 Å². The number of ether oxygens (including phenoxy) is 1. The molecule has 0 radical (unpaired) electrons. The summed E-state index contributed by atoms with van der Waals surface area (Å²) >= 11 is 1.42. The molecule has 1 aliphatic heterocycles. The minimum Gasteiger partial charge on any atom is -0.466 e. The Morgan fingerprint density at radius 1 is 1.29 bits per heavy atom. The molecule has 7 nitrogen and oxygen atoms in total. The summed E-state index contributed by atoms with van der Waals surface area (Å²) in [5.41, 5.74) is 1.64. The molecule has 148 valence electrons. The van der Waals surface area contributed by atoms with Crippen LogP contribution in [0.4, 0.5) is 5.69 Å². The third kappa shape index (κ3) is 4.39. The van der Waals surface area contributed by atoms with Gasteiger partial charge in [0.15, 0.2) is 6.10 Å². The van der Waals surface area contributed by atoms with Gasteiger partial charge in [0.2, 0.25) is 5.91 Å². The van der Waals surface area contributed by atoms with E-state index in [2.05, 4.69) is 5.32 Å². The Labute approximate surface area is 167 Å². The van der Waals surface area contributed by atoms with Gasteiger partial charge in [0.1, 0.15) is 17.2 Å². The molecule has 1 saturated heterocycles. The van der Waals surface area contributed by atoms with Crippen molar-refractivity contribution >= 4 is 35.2 Å². The van der Waals surface area contributed by atoms with Gasteiger partial charge < -0.3 is 19.4 Å². The van der Waals surface area contributed by atoms with Crippen LogP contribution in [-0.4, -0.2) is 40.6 Å². The fourth-order valence-electron chi connectivity index (χ4n) is 3.00. The number of anilines is 1. The van der Waals surface area contributed by atoms with Crippen molar-refractivity contribution in [2.24, 2.45) is 0 Å². The van der Waals surface area contributed by atoms with Crippen molar-refractivity contribution in [3.63, 3.8) is 0 Å². The molecule has 1 N–H and O–H groups in total. The number of thioether (sulfide) groups is 1. The average Bonchev–Trinajstić information content (AvgIpc) is 3.30. The highest BCUT2D eigenvalue weighted by Crippen LogP contribution is 2.41. The molecule has 28 heavy (non-hydrogen) atoms. The third-order valence-electron chi connectivity index (χ3n) is 4.37. The fraction of sp³-hybridized carbons (Fsp3) is 0.350. The zero-order valence-corrected chi connectivity index (χ0v) is 16.7. The highest BCUT2D eigenvalue weighted by Gasteiger charge is 2.43. The summed E-state index contributed by atoms with van der Waals surface area (Å²) < 4.78 is 10.7. The van der Waals surface area contributed by atoms with Crippen molar-refractivity contribution < 1.29 is 23.5 Å². The lowest BCUT2D eigenvalue weighted by atomic mass is 10.2. The van der Waals surface area contributed by atoms with Gasteiger partial charge in [-0.05, 0) is 43.7 Å². The maximum atomic E-state index is 12.7. The molecule has 1 fully saturated rings. The van der Waals surface area contributed by atoms with Gasteiger partial charge in [0.25, 0.3) is 5.91 Å². The largest absolute Gasteiger partial charge is 0.466 e. The first-order valence-corrected chi connectivity index (χ1v) is 9.93. The van der Waals surface area contributed by atoms with Crippen molar-refractivity contribution in [2.75, 3.05) is 11.1 Å². The fourth-order valence-corrected chi connectivity index (χ4v) is 4.41. The molecule has 0 unspecified atom stereocenters. The van der Waals surface area contributed by atoms with Crippen LogP contribution < -0.4 is 5.32 Å². The van der Waals surface area contributed by atoms with Crippen LogP contribution in [0.1, 0.15) is 30.5 Å². The molecule has 2 heterocycles. The Morgan fingerprint density at radius 3 is 2.71 bits per heavy atom. The number of hydrogen-bond acceptors (Lipinski definition) is 6. The molecule has 3 atom stereocenters. The minimum absolute atomic E-state index is 0.259. The number of nitrogens with zero attached hydrogens (tertiary/aromatic N) is 1. The molecular weight excluding hydrogens is 380 g/mol. The number of rotatable bonds is 5. The van der Waals surface area contributed by atoms with Crippen LogP contribution in [0.5, 0.6) is 0 Å². The topological polar surface area (TPSA) is 88.8 Å². The number of furan rings is 1. The van der Waals surface area contributed by atoms with Crippen LogP contribution in [-0.2, 0) is 19.1 Å². The van der Waals surface area contributed by atoms with E-state index in [4.69, 9.17) is 9.15 Å². The van der Waals surface area contributed by atoms with Crippen LogP contribution in [0.15, 0.2) is 47.1 Å². The summed E-state index contributed by atoms with van der Waals surface area (Å²) in [4.78, 5) is 38.6. The Morgan fingerprint density at radius 2 is 2.07 bits per heavy atom. The SMILES string of the molecule is CC(=O)N1[C@@H](C(=O)O[C@@H](C)C(=O)Nc2cccc(C)c2)CS[C@@H]1c1ccco1. The standard InChI is InChI=1S/C20H22N2O5S/c1-12-6-4-7-15(10-12)21-18(24)13(2)27-20(25)16-11-28-19(22(16)14(3)23)17-8-5-9-26-17/h4-10,13,16,19H,11H2,1-3H3,(H,21,24)/t13-,16+,19+/m0/s1. The Bertz CT molecular complexity index is 867. The van der Waals surface area contributed by atoms with Gasteiger partial charge in [-0.1, -0.05) is 12.1 Å². The van der Waals surface area contributed by atoms with E-state index in [1.807, 2.05) is 25.1 Å². The van der Waals surface area contributed by atoms with E-state index in [0.29, 0.717) is 17.2 Å². The number of carbonyl (C=O) groups excluding carboxylic acids is 3. The van der Waals surface area contributed by atoms with Crippen molar-refractivity contribution in [3.8, 4) is 0 Å². The number of hydrogen-bond donors (Lipinski definition) is 1. The zero-order valence-electron chi connectivity index (χ0n) is 15.9. The quantitative estimate of drug-likeness (QED) is 0.773. The van der Waals surface area contributed by atoms with Gasteiger partial charge in [0.05, 0.1) is 6.26 Å². The zero-order chi connectivity index (χ0) is 20.3. The molecule has 0 aliphatic carbocycles. The molecule has 0 saturated carbocycles. The third-order valence-corrected chi connectivity index (χ3v) is 5.65. The number of benzene rings is 1. The maximum absolute atomic E-state index is 12.7. The summed E-state index contributed by atoms with van der Waals surface area (Å²) in [5.74, 6) is -0.327. The van der Waals surface area contributed by atoms with Crippen molar-refractivity contribution in [2.45, 2.75) is 38.3 Å². The second kappa shape index (κ2) is 8.52. The molecule has 8 heteroatoms. The number of carbonyl (C=O) groups is 3. The van der Waals surface area contributed by atoms with E-state index >= 15 is 0 Å². The highest BCUT2D eigenvalue weighted by atomic mass is 32.2. The number of amides is 2. The van der Waals surface area contributed by atoms with Crippen molar-refractivity contribution in [1.29, 1.82) is 0 Å². The first-order valence-electron chi connectivity index (χ1n) is 8.88. The molecule has 0 spiro atoms. The molecular formula is C20H22N2O5S. The van der Waals surface area contributed by atoms with Crippen LogP contribution in [0, 0.1) is 6.92 Å². The van der Waals surface area contributed by atoms with E-state index in [9.17, 15) is 14.4 Å². The second-order valence-corrected chi connectivity index (χ2v) is 7.69. The predicted octanol–water partition coefficient (Wildman–Crippen LogP) is 3.12. The first-order chi connectivity index (χ1) is 13.4. The summed E-state index contributed by atoms with van der Waals surface area (Å²) in [7, 11) is 0. The second-order valence-electron chi connectivity index (χ2n) is 6.58. The van der Waals surface area contributed by atoms with Crippen molar-refractivity contribution in [3.05, 3.63) is 54.0 Å². The lowest BCUT2D eigenvalue weighted by Crippen LogP contribution is -2.44. The molecule has 2 aromatic rings. The number of nitrogens with one attached hydrogen (secondary N) is 1. The van der Waals surface area contributed by atoms with Crippen LogP contribution in [0.2, 0.25) is 0 Å². The summed E-state index contributed by atoms with van der Waals surface area (Å²) in [6.45, 7) is 4.83. The normalized spacial score (nSPS) is 19.9. The molecule has 1 aromatic heterocycles. The molecule has 1 aromatic carbocycles. The van der Waals surface area contributed by atoms with Gasteiger partial charge in [-0.15, -0.1) is 11.8 Å². The Hall–Kier alpha value is -2.74. The molecule has 1 aliphatic rings. The predicted molar refractivity (Wildman–Crippen MR) is 106 cm³/mol. The Balaban J connectivity index is 1.64. The van der Waals surface area contributed by atoms with Gasteiger partial charge >= 0.3 is 5.97 Å². The summed E-state index contributed by atoms with van der Waals surface area (Å²) in [6, 6.07) is 10.1. The molecule has 3 rings (SSSR count). The highest BCUT2D eigenvalue weighted by molar-refractivity contribution is 7.99. The van der Waals surface area contributed by atoms with Gasteiger partial charge in [-0.2, -0.15) is 0 Å². The van der Waals surface area contributed by atoms with Gasteiger partial charge in [-0.25, -0.2) is 4.79 Å².